The summed E-state index contributed by atoms with van der Waals surface area (Å²) in [6.45, 7) is 2.92. The molecule has 1 aromatic carbocycles. The lowest BCUT2D eigenvalue weighted by atomic mass is 10.1. The van der Waals surface area contributed by atoms with Gasteiger partial charge in [-0.3, -0.25) is 9.78 Å². The molecule has 2 rings (SSSR count). The summed E-state index contributed by atoms with van der Waals surface area (Å²) in [7, 11) is 0. The predicted molar refractivity (Wildman–Crippen MR) is 78.2 cm³/mol. The summed E-state index contributed by atoms with van der Waals surface area (Å²) in [5, 5.41) is 3.94. The minimum Gasteiger partial charge on any atom is -0.352 e. The summed E-state index contributed by atoms with van der Waals surface area (Å²) in [6, 6.07) is 9.71. The van der Waals surface area contributed by atoms with Gasteiger partial charge in [-0.1, -0.05) is 44.4 Å². The lowest BCUT2D eigenvalue weighted by Gasteiger charge is -2.05. The maximum absolute atomic E-state index is 12.0. The molecule has 0 spiro atoms. The standard InChI is InChI=1S/C16H20N2O/c1-2-3-4-7-10-17-16(19)14-11-13-8-5-6-9-15(13)18-12-14/h5-6,8-9,11-12H,2-4,7,10H2,1H3,(H,17,19). The molecule has 0 aliphatic carbocycles. The van der Waals surface area contributed by atoms with Crippen LogP contribution < -0.4 is 5.32 Å². The van der Waals surface area contributed by atoms with E-state index in [0.717, 1.165) is 23.9 Å². The highest BCUT2D eigenvalue weighted by Crippen LogP contribution is 2.12. The highest BCUT2D eigenvalue weighted by Gasteiger charge is 2.06. The number of carbonyl (C=O) groups is 1. The number of fused-ring (bicyclic) bond motifs is 1. The number of benzene rings is 1. The van der Waals surface area contributed by atoms with Gasteiger partial charge in [0.2, 0.25) is 0 Å². The van der Waals surface area contributed by atoms with Crippen molar-refractivity contribution in [3.8, 4) is 0 Å². The number of pyridine rings is 1. The van der Waals surface area contributed by atoms with Gasteiger partial charge in [-0.25, -0.2) is 0 Å². The SMILES string of the molecule is CCCCCCNC(=O)c1cnc2ccccc2c1. The molecule has 2 aromatic rings. The van der Waals surface area contributed by atoms with E-state index in [1.807, 2.05) is 30.3 Å². The van der Waals surface area contributed by atoms with Crippen LogP contribution in [0.2, 0.25) is 0 Å². The van der Waals surface area contributed by atoms with Gasteiger partial charge in [0.15, 0.2) is 0 Å². The summed E-state index contributed by atoms with van der Waals surface area (Å²) in [6.07, 6.45) is 6.30. The first-order valence-electron chi connectivity index (χ1n) is 6.94. The average Bonchev–Trinajstić information content (AvgIpc) is 2.46. The quantitative estimate of drug-likeness (QED) is 0.803. The minimum atomic E-state index is -0.0326. The van der Waals surface area contributed by atoms with Crippen LogP contribution >= 0.6 is 0 Å². The fraction of sp³-hybridized carbons (Fsp3) is 0.375. The van der Waals surface area contributed by atoms with Crippen LogP contribution in [0.3, 0.4) is 0 Å². The largest absolute Gasteiger partial charge is 0.352 e. The molecule has 0 atom stereocenters. The summed E-state index contributed by atoms with van der Waals surface area (Å²) < 4.78 is 0. The third kappa shape index (κ3) is 3.78. The number of unbranched alkanes of at least 4 members (excludes halogenated alkanes) is 3. The average molecular weight is 256 g/mol. The first-order valence-corrected chi connectivity index (χ1v) is 6.94. The van der Waals surface area contributed by atoms with Gasteiger partial charge >= 0.3 is 0 Å². The van der Waals surface area contributed by atoms with Crippen LogP contribution in [0.1, 0.15) is 43.0 Å². The minimum absolute atomic E-state index is 0.0326. The van der Waals surface area contributed by atoms with Crippen molar-refractivity contribution in [3.63, 3.8) is 0 Å². The number of para-hydroxylation sites is 1. The van der Waals surface area contributed by atoms with Crippen LogP contribution in [-0.2, 0) is 0 Å². The highest BCUT2D eigenvalue weighted by molar-refractivity contribution is 5.97. The Balaban J connectivity index is 1.93. The molecule has 0 aliphatic rings. The Bertz CT molecular complexity index is 551. The third-order valence-corrected chi connectivity index (χ3v) is 3.17. The number of aromatic nitrogens is 1. The van der Waals surface area contributed by atoms with Gasteiger partial charge in [-0.15, -0.1) is 0 Å². The first-order chi connectivity index (χ1) is 9.31. The van der Waals surface area contributed by atoms with Gasteiger partial charge in [0.25, 0.3) is 5.91 Å². The Labute approximate surface area is 114 Å². The Kier molecular flexibility index (Phi) is 4.90. The number of hydrogen-bond donors (Lipinski definition) is 1. The number of nitrogens with one attached hydrogen (secondary N) is 1. The number of amides is 1. The van der Waals surface area contributed by atoms with Gasteiger partial charge < -0.3 is 5.32 Å². The van der Waals surface area contributed by atoms with Crippen LogP contribution in [0.5, 0.6) is 0 Å². The van der Waals surface area contributed by atoms with Gasteiger partial charge in [0, 0.05) is 18.1 Å². The fourth-order valence-corrected chi connectivity index (χ4v) is 2.05. The molecule has 0 saturated carbocycles. The Morgan fingerprint density at radius 2 is 2.05 bits per heavy atom. The van der Waals surface area contributed by atoms with Crippen LogP contribution in [0.25, 0.3) is 10.9 Å². The molecule has 100 valence electrons. The second-order valence-corrected chi connectivity index (χ2v) is 4.73. The molecule has 0 radical (unpaired) electrons. The van der Waals surface area contributed by atoms with Crippen LogP contribution in [0.4, 0.5) is 0 Å². The number of carbonyl (C=O) groups excluding carboxylic acids is 1. The highest BCUT2D eigenvalue weighted by atomic mass is 16.1. The monoisotopic (exact) mass is 256 g/mol. The zero-order valence-electron chi connectivity index (χ0n) is 11.4. The van der Waals surface area contributed by atoms with E-state index in [1.54, 1.807) is 6.20 Å². The molecule has 1 heterocycles. The topological polar surface area (TPSA) is 42.0 Å². The lowest BCUT2D eigenvalue weighted by molar-refractivity contribution is 0.0953. The molecule has 1 aromatic heterocycles. The Morgan fingerprint density at radius 3 is 2.89 bits per heavy atom. The van der Waals surface area contributed by atoms with Crippen LogP contribution in [0, 0.1) is 0 Å². The summed E-state index contributed by atoms with van der Waals surface area (Å²) in [4.78, 5) is 16.3. The van der Waals surface area contributed by atoms with Crippen molar-refractivity contribution in [2.75, 3.05) is 6.54 Å². The maximum Gasteiger partial charge on any atom is 0.252 e. The first kappa shape index (κ1) is 13.5. The van der Waals surface area contributed by atoms with Crippen LogP contribution in [0.15, 0.2) is 36.5 Å². The van der Waals surface area contributed by atoms with E-state index in [9.17, 15) is 4.79 Å². The molecular formula is C16H20N2O. The molecule has 0 aliphatic heterocycles. The van der Waals surface area contributed by atoms with Crippen molar-refractivity contribution in [2.45, 2.75) is 32.6 Å². The molecule has 3 nitrogen and oxygen atoms in total. The van der Waals surface area contributed by atoms with Crippen molar-refractivity contribution in [2.24, 2.45) is 0 Å². The summed E-state index contributed by atoms with van der Waals surface area (Å²) in [5.41, 5.74) is 1.55. The number of nitrogens with zero attached hydrogens (tertiary/aromatic N) is 1. The fourth-order valence-electron chi connectivity index (χ4n) is 2.05. The molecular weight excluding hydrogens is 236 g/mol. The maximum atomic E-state index is 12.0. The Morgan fingerprint density at radius 1 is 1.21 bits per heavy atom. The van der Waals surface area contributed by atoms with Gasteiger partial charge in [-0.05, 0) is 18.6 Å². The normalized spacial score (nSPS) is 10.6. The number of hydrogen-bond acceptors (Lipinski definition) is 2. The molecule has 19 heavy (non-hydrogen) atoms. The Hall–Kier alpha value is -1.90. The van der Waals surface area contributed by atoms with Crippen LogP contribution in [-0.4, -0.2) is 17.4 Å². The van der Waals surface area contributed by atoms with Crippen molar-refractivity contribution < 1.29 is 4.79 Å². The van der Waals surface area contributed by atoms with E-state index in [1.165, 1.54) is 19.3 Å². The third-order valence-electron chi connectivity index (χ3n) is 3.17. The number of rotatable bonds is 6. The van der Waals surface area contributed by atoms with E-state index in [0.29, 0.717) is 5.56 Å². The predicted octanol–water partition coefficient (Wildman–Crippen LogP) is 3.54. The molecule has 0 fully saturated rings. The summed E-state index contributed by atoms with van der Waals surface area (Å²) in [5.74, 6) is -0.0326. The second kappa shape index (κ2) is 6.88. The summed E-state index contributed by atoms with van der Waals surface area (Å²) >= 11 is 0. The van der Waals surface area contributed by atoms with E-state index in [4.69, 9.17) is 0 Å². The lowest BCUT2D eigenvalue weighted by Crippen LogP contribution is -2.24. The van der Waals surface area contributed by atoms with Crippen molar-refractivity contribution >= 4 is 16.8 Å². The molecule has 0 bridgehead atoms. The van der Waals surface area contributed by atoms with Crippen molar-refractivity contribution in [1.82, 2.24) is 10.3 Å². The zero-order valence-corrected chi connectivity index (χ0v) is 11.4. The van der Waals surface area contributed by atoms with E-state index >= 15 is 0 Å². The zero-order chi connectivity index (χ0) is 13.5. The molecule has 1 amide bonds. The molecule has 0 saturated heterocycles. The molecule has 1 N–H and O–H groups in total. The van der Waals surface area contributed by atoms with E-state index in [-0.39, 0.29) is 5.91 Å². The molecule has 3 heteroatoms. The van der Waals surface area contributed by atoms with Gasteiger partial charge in [0.1, 0.15) is 0 Å². The second-order valence-electron chi connectivity index (χ2n) is 4.73. The van der Waals surface area contributed by atoms with E-state index in [2.05, 4.69) is 17.2 Å². The van der Waals surface area contributed by atoms with Crippen molar-refractivity contribution in [1.29, 1.82) is 0 Å². The van der Waals surface area contributed by atoms with Crippen molar-refractivity contribution in [3.05, 3.63) is 42.1 Å². The smallest absolute Gasteiger partial charge is 0.252 e. The molecule has 0 unspecified atom stereocenters. The van der Waals surface area contributed by atoms with Gasteiger partial charge in [0.05, 0.1) is 11.1 Å². The van der Waals surface area contributed by atoms with E-state index < -0.39 is 0 Å². The van der Waals surface area contributed by atoms with Gasteiger partial charge in [-0.2, -0.15) is 0 Å².